The zero-order chi connectivity index (χ0) is 11.5. The van der Waals surface area contributed by atoms with E-state index in [2.05, 4.69) is 0 Å². The van der Waals surface area contributed by atoms with Crippen molar-refractivity contribution in [2.45, 2.75) is 18.6 Å². The summed E-state index contributed by atoms with van der Waals surface area (Å²) in [5, 5.41) is 8.80. The number of hydrogen-bond acceptors (Lipinski definition) is 3. The lowest BCUT2D eigenvalue weighted by Crippen LogP contribution is -2.48. The summed E-state index contributed by atoms with van der Waals surface area (Å²) < 4.78 is 35.9. The van der Waals surface area contributed by atoms with Gasteiger partial charge in [-0.25, -0.2) is 0 Å². The van der Waals surface area contributed by atoms with Gasteiger partial charge in [0.25, 0.3) is 0 Å². The first kappa shape index (κ1) is 12.6. The predicted molar refractivity (Wildman–Crippen MR) is 51.0 cm³/mol. The van der Waals surface area contributed by atoms with Crippen molar-refractivity contribution in [3.05, 3.63) is 0 Å². The van der Waals surface area contributed by atoms with Gasteiger partial charge in [-0.15, -0.1) is 0 Å². The van der Waals surface area contributed by atoms with Gasteiger partial charge in [0.1, 0.15) is 6.04 Å². The van der Waals surface area contributed by atoms with Gasteiger partial charge in [-0.3, -0.25) is 9.69 Å². The Labute approximate surface area is 89.6 Å². The molecule has 1 aliphatic heterocycles. The molecule has 1 saturated heterocycles. The highest BCUT2D eigenvalue weighted by Gasteiger charge is 2.33. The highest BCUT2D eigenvalue weighted by atomic mass is 32.2. The molecule has 0 aromatic rings. The molecule has 1 heterocycles. The van der Waals surface area contributed by atoms with E-state index in [1.54, 1.807) is 0 Å². The molecule has 1 N–H and O–H groups in total. The van der Waals surface area contributed by atoms with Gasteiger partial charge in [-0.05, 0) is 0 Å². The minimum atomic E-state index is -4.21. The van der Waals surface area contributed by atoms with Crippen molar-refractivity contribution in [1.82, 2.24) is 4.90 Å². The number of thioether (sulfide) groups is 1. The van der Waals surface area contributed by atoms with Gasteiger partial charge >= 0.3 is 12.1 Å². The SMILES string of the molecule is O=C(O)C1CSCCN1CCC(F)(F)F. The first-order chi connectivity index (χ1) is 6.90. The molecule has 1 unspecified atom stereocenters. The maximum absolute atomic E-state index is 12.0. The van der Waals surface area contributed by atoms with Crippen LogP contribution in [0.3, 0.4) is 0 Å². The van der Waals surface area contributed by atoms with Crippen LogP contribution >= 0.6 is 11.8 Å². The number of carbonyl (C=O) groups is 1. The number of alkyl halides is 3. The van der Waals surface area contributed by atoms with Gasteiger partial charge in [0, 0.05) is 24.6 Å². The number of carboxylic acid groups (broad SMARTS) is 1. The lowest BCUT2D eigenvalue weighted by Gasteiger charge is -2.32. The molecule has 0 spiro atoms. The van der Waals surface area contributed by atoms with Crippen molar-refractivity contribution in [3.63, 3.8) is 0 Å². The first-order valence-electron chi connectivity index (χ1n) is 4.51. The third kappa shape index (κ3) is 4.29. The van der Waals surface area contributed by atoms with Crippen molar-refractivity contribution in [2.75, 3.05) is 24.6 Å². The van der Waals surface area contributed by atoms with Crippen molar-refractivity contribution in [1.29, 1.82) is 0 Å². The second-order valence-electron chi connectivity index (χ2n) is 3.33. The van der Waals surface area contributed by atoms with E-state index in [0.29, 0.717) is 18.1 Å². The standard InChI is InChI=1S/C8H12F3NO2S/c9-8(10,11)1-2-12-3-4-15-5-6(12)7(13)14/h6H,1-5H2,(H,13,14). The van der Waals surface area contributed by atoms with Gasteiger partial charge in [0.05, 0.1) is 6.42 Å². The van der Waals surface area contributed by atoms with Crippen LogP contribution in [0.1, 0.15) is 6.42 Å². The quantitative estimate of drug-likeness (QED) is 0.814. The Morgan fingerprint density at radius 2 is 2.20 bits per heavy atom. The molecule has 0 saturated carbocycles. The summed E-state index contributed by atoms with van der Waals surface area (Å²) in [5.41, 5.74) is 0. The van der Waals surface area contributed by atoms with Crippen LogP contribution in [0.25, 0.3) is 0 Å². The summed E-state index contributed by atoms with van der Waals surface area (Å²) >= 11 is 1.46. The van der Waals surface area contributed by atoms with Gasteiger partial charge in [-0.1, -0.05) is 0 Å². The van der Waals surface area contributed by atoms with Crippen LogP contribution in [0.5, 0.6) is 0 Å². The van der Waals surface area contributed by atoms with Gasteiger partial charge in [0.15, 0.2) is 0 Å². The fraction of sp³-hybridized carbons (Fsp3) is 0.875. The van der Waals surface area contributed by atoms with Crippen LogP contribution in [0.4, 0.5) is 13.2 Å². The van der Waals surface area contributed by atoms with Crippen LogP contribution in [0.2, 0.25) is 0 Å². The van der Waals surface area contributed by atoms with Gasteiger partial charge < -0.3 is 5.11 Å². The zero-order valence-corrected chi connectivity index (χ0v) is 8.77. The van der Waals surface area contributed by atoms with E-state index in [1.165, 1.54) is 16.7 Å². The van der Waals surface area contributed by atoms with Crippen LogP contribution in [-0.4, -0.2) is 52.8 Å². The second kappa shape index (κ2) is 5.07. The lowest BCUT2D eigenvalue weighted by molar-refractivity contribution is -0.149. The molecular weight excluding hydrogens is 231 g/mol. The minimum Gasteiger partial charge on any atom is -0.480 e. The molecule has 0 radical (unpaired) electrons. The Kier molecular flexibility index (Phi) is 4.27. The van der Waals surface area contributed by atoms with Gasteiger partial charge in [-0.2, -0.15) is 24.9 Å². The number of nitrogens with zero attached hydrogens (tertiary/aromatic N) is 1. The van der Waals surface area contributed by atoms with Crippen LogP contribution < -0.4 is 0 Å². The highest BCUT2D eigenvalue weighted by molar-refractivity contribution is 7.99. The molecular formula is C8H12F3NO2S. The number of hydrogen-bond donors (Lipinski definition) is 1. The van der Waals surface area contributed by atoms with Gasteiger partial charge in [0.2, 0.25) is 0 Å². The fourth-order valence-corrected chi connectivity index (χ4v) is 2.51. The van der Waals surface area contributed by atoms with Crippen molar-refractivity contribution in [2.24, 2.45) is 0 Å². The normalized spacial score (nSPS) is 24.1. The van der Waals surface area contributed by atoms with E-state index in [1.807, 2.05) is 0 Å². The lowest BCUT2D eigenvalue weighted by atomic mass is 10.2. The van der Waals surface area contributed by atoms with Crippen LogP contribution in [-0.2, 0) is 4.79 Å². The Morgan fingerprint density at radius 3 is 2.73 bits per heavy atom. The van der Waals surface area contributed by atoms with E-state index in [4.69, 9.17) is 5.11 Å². The van der Waals surface area contributed by atoms with Crippen molar-refractivity contribution >= 4 is 17.7 Å². The summed E-state index contributed by atoms with van der Waals surface area (Å²) in [7, 11) is 0. The Morgan fingerprint density at radius 1 is 1.53 bits per heavy atom. The Balaban J connectivity index is 2.46. The largest absolute Gasteiger partial charge is 0.480 e. The topological polar surface area (TPSA) is 40.5 Å². The molecule has 3 nitrogen and oxygen atoms in total. The Bertz CT molecular complexity index is 234. The maximum atomic E-state index is 12.0. The summed E-state index contributed by atoms with van der Waals surface area (Å²) in [6, 6.07) is -0.772. The van der Waals surface area contributed by atoms with Crippen molar-refractivity contribution < 1.29 is 23.1 Å². The smallest absolute Gasteiger partial charge is 0.390 e. The third-order valence-corrected chi connectivity index (χ3v) is 3.23. The molecule has 88 valence electrons. The average molecular weight is 243 g/mol. The van der Waals surface area contributed by atoms with E-state index in [9.17, 15) is 18.0 Å². The predicted octanol–water partition coefficient (Wildman–Crippen LogP) is 1.44. The molecule has 0 amide bonds. The molecule has 1 aliphatic rings. The van der Waals surface area contributed by atoms with E-state index in [-0.39, 0.29) is 6.54 Å². The fourth-order valence-electron chi connectivity index (χ4n) is 1.40. The molecule has 15 heavy (non-hydrogen) atoms. The highest BCUT2D eigenvalue weighted by Crippen LogP contribution is 2.23. The van der Waals surface area contributed by atoms with E-state index < -0.39 is 24.6 Å². The van der Waals surface area contributed by atoms with Crippen LogP contribution in [0, 0.1) is 0 Å². The van der Waals surface area contributed by atoms with E-state index >= 15 is 0 Å². The molecule has 0 bridgehead atoms. The number of rotatable bonds is 3. The number of halogens is 3. The average Bonchev–Trinajstić information content (AvgIpc) is 2.14. The number of carboxylic acids is 1. The molecule has 1 rings (SSSR count). The minimum absolute atomic E-state index is 0.221. The summed E-state index contributed by atoms with van der Waals surface area (Å²) in [4.78, 5) is 12.1. The molecule has 7 heteroatoms. The maximum Gasteiger partial charge on any atom is 0.390 e. The van der Waals surface area contributed by atoms with E-state index in [0.717, 1.165) is 0 Å². The summed E-state index contributed by atoms with van der Waals surface area (Å²) in [5.74, 6) is 0.0267. The zero-order valence-electron chi connectivity index (χ0n) is 7.96. The molecule has 0 aromatic carbocycles. The molecule has 0 aliphatic carbocycles. The van der Waals surface area contributed by atoms with Crippen LogP contribution in [0.15, 0.2) is 0 Å². The molecule has 1 atom stereocenters. The first-order valence-corrected chi connectivity index (χ1v) is 5.67. The summed E-state index contributed by atoms with van der Waals surface area (Å²) in [6.45, 7) is 0.193. The number of aliphatic carboxylic acids is 1. The third-order valence-electron chi connectivity index (χ3n) is 2.21. The van der Waals surface area contributed by atoms with Crippen molar-refractivity contribution in [3.8, 4) is 0 Å². The monoisotopic (exact) mass is 243 g/mol. The summed E-state index contributed by atoms with van der Waals surface area (Å²) in [6.07, 6.45) is -5.16. The second-order valence-corrected chi connectivity index (χ2v) is 4.48. The molecule has 0 aromatic heterocycles. The Hall–Kier alpha value is -0.430. The molecule has 1 fully saturated rings.